The number of aryl methyl sites for hydroxylation is 1. The summed E-state index contributed by atoms with van der Waals surface area (Å²) in [4.78, 5) is 10.2. The third kappa shape index (κ3) is 14.3. The number of benzene rings is 3. The molecule has 0 saturated heterocycles. The Bertz CT molecular complexity index is 1430. The molecule has 3 rings (SSSR count). The zero-order valence-electron chi connectivity index (χ0n) is 26.2. The molecule has 5 heteroatoms. The van der Waals surface area contributed by atoms with E-state index in [1.807, 2.05) is 38.1 Å². The second kappa shape index (κ2) is 21.8. The molecule has 3 aromatic rings. The van der Waals surface area contributed by atoms with Crippen LogP contribution in [0.25, 0.3) is 0 Å². The Morgan fingerprint density at radius 1 is 0.651 bits per heavy atom. The predicted molar refractivity (Wildman–Crippen MR) is 175 cm³/mol. The second-order valence-electron chi connectivity index (χ2n) is 10.1. The molecule has 0 aliphatic rings. The monoisotopic (exact) mass is 618 g/mol. The Balaban J connectivity index is 0.000000788. The van der Waals surface area contributed by atoms with Gasteiger partial charge in [-0.25, -0.2) is 0 Å². The average Bonchev–Trinajstić information content (AvgIpc) is 2.98. The van der Waals surface area contributed by atoms with E-state index in [4.69, 9.17) is 9.98 Å². The molecule has 43 heavy (non-hydrogen) atoms. The number of hydrogen-bond donors (Lipinski definition) is 0. The molecular weight excluding hydrogens is 575 g/mol. The second-order valence-corrected chi connectivity index (χ2v) is 10.1. The summed E-state index contributed by atoms with van der Waals surface area (Å²) in [6, 6.07) is 20.9. The SMILES string of the molecule is CC#Cc1cccc(N=C(CCCC)C(CCCCCCC)=Nc2cccc(C#CC)c2)c1.Cc1cccc([O-])c1[O-].[Ni+2]. The molecule has 0 bridgehead atoms. The number of aliphatic imine (C=N–C) groups is 2. The van der Waals surface area contributed by atoms with Crippen molar-refractivity contribution >= 4 is 22.8 Å². The maximum absolute atomic E-state index is 10.7. The summed E-state index contributed by atoms with van der Waals surface area (Å²) in [6.07, 6.45) is 10.3. The molecule has 0 aromatic heterocycles. The van der Waals surface area contributed by atoms with Crippen LogP contribution >= 0.6 is 0 Å². The van der Waals surface area contributed by atoms with Gasteiger partial charge in [0.25, 0.3) is 0 Å². The van der Waals surface area contributed by atoms with E-state index in [2.05, 4.69) is 61.8 Å². The van der Waals surface area contributed by atoms with Crippen molar-refractivity contribution in [1.82, 2.24) is 0 Å². The summed E-state index contributed by atoms with van der Waals surface area (Å²) in [5, 5.41) is 21.2. The van der Waals surface area contributed by atoms with Gasteiger partial charge in [-0.1, -0.05) is 93.7 Å². The Labute approximate surface area is 269 Å². The molecule has 0 fully saturated rings. The molecule has 0 atom stereocenters. The fourth-order valence-electron chi connectivity index (χ4n) is 4.30. The van der Waals surface area contributed by atoms with Gasteiger partial charge in [0.05, 0.1) is 22.8 Å². The molecule has 0 aliphatic heterocycles. The van der Waals surface area contributed by atoms with Crippen LogP contribution in [0, 0.1) is 30.6 Å². The molecule has 0 saturated carbocycles. The van der Waals surface area contributed by atoms with Gasteiger partial charge in [0.15, 0.2) is 0 Å². The molecule has 228 valence electrons. The fourth-order valence-corrected chi connectivity index (χ4v) is 4.30. The molecule has 0 spiro atoms. The van der Waals surface area contributed by atoms with Crippen LogP contribution in [0.15, 0.2) is 76.7 Å². The molecule has 3 aromatic carbocycles. The minimum Gasteiger partial charge on any atom is -0.873 e. The number of nitrogens with zero attached hydrogens (tertiary/aromatic N) is 2. The summed E-state index contributed by atoms with van der Waals surface area (Å²) in [7, 11) is 0. The van der Waals surface area contributed by atoms with Gasteiger partial charge in [-0.05, 0) is 82.9 Å². The van der Waals surface area contributed by atoms with Crippen molar-refractivity contribution < 1.29 is 26.7 Å². The van der Waals surface area contributed by atoms with Crippen LogP contribution in [0.1, 0.15) is 102 Å². The maximum Gasteiger partial charge on any atom is 2.00 e. The minimum absolute atomic E-state index is 0. The molecule has 0 N–H and O–H groups in total. The van der Waals surface area contributed by atoms with Crippen LogP contribution in [0.2, 0.25) is 0 Å². The van der Waals surface area contributed by atoms with E-state index in [0.717, 1.165) is 66.0 Å². The molecule has 0 amide bonds. The van der Waals surface area contributed by atoms with E-state index in [1.54, 1.807) is 19.1 Å². The molecule has 0 heterocycles. The van der Waals surface area contributed by atoms with Crippen LogP contribution in [-0.4, -0.2) is 11.4 Å². The topological polar surface area (TPSA) is 70.8 Å². The van der Waals surface area contributed by atoms with Crippen LogP contribution < -0.4 is 10.2 Å². The molecule has 4 nitrogen and oxygen atoms in total. The third-order valence-corrected chi connectivity index (χ3v) is 6.55. The van der Waals surface area contributed by atoms with Crippen LogP contribution in [0.3, 0.4) is 0 Å². The number of hydrogen-bond acceptors (Lipinski definition) is 4. The molecular formula is C38H44N2NiO2. The summed E-state index contributed by atoms with van der Waals surface area (Å²) in [5.41, 5.74) is 6.62. The van der Waals surface area contributed by atoms with Crippen LogP contribution in [-0.2, 0) is 16.5 Å². The zero-order valence-corrected chi connectivity index (χ0v) is 27.2. The largest absolute Gasteiger partial charge is 2.00 e. The summed E-state index contributed by atoms with van der Waals surface area (Å²) >= 11 is 0. The first-order chi connectivity index (χ1) is 20.4. The Kier molecular flexibility index (Phi) is 18.9. The van der Waals surface area contributed by atoms with Crippen molar-refractivity contribution in [1.29, 1.82) is 0 Å². The first-order valence-electron chi connectivity index (χ1n) is 15.1. The standard InChI is InChI=1S/C31H38N2.C7H8O2.Ni/c1-5-9-11-12-13-23-31(33-29-21-15-19-27(25-29)17-8-4)30(22-10-6-2)32-28-20-14-18-26(24-28)16-7-3;1-5-3-2-4-6(8)7(5)9;/h14-15,18-21,24-25H,5-6,9-13,22-23H2,1-4H3;2-4,8-9H,1H3;/q;;+2/p-2. The number of rotatable bonds is 12. The van der Waals surface area contributed by atoms with Gasteiger partial charge in [-0.2, -0.15) is 0 Å². The van der Waals surface area contributed by atoms with Gasteiger partial charge in [-0.15, -0.1) is 23.3 Å². The molecule has 0 aliphatic carbocycles. The fraction of sp³-hybridized carbons (Fsp3) is 0.368. The van der Waals surface area contributed by atoms with Crippen molar-refractivity contribution in [2.75, 3.05) is 0 Å². The smallest absolute Gasteiger partial charge is 0.873 e. The van der Waals surface area contributed by atoms with Gasteiger partial charge in [0.1, 0.15) is 0 Å². The van der Waals surface area contributed by atoms with Gasteiger partial charge in [0.2, 0.25) is 0 Å². The minimum atomic E-state index is -0.421. The van der Waals surface area contributed by atoms with Crippen molar-refractivity contribution in [3.63, 3.8) is 0 Å². The molecule has 0 radical (unpaired) electrons. The average molecular weight is 619 g/mol. The van der Waals surface area contributed by atoms with E-state index in [0.29, 0.717) is 5.56 Å². The van der Waals surface area contributed by atoms with Crippen molar-refractivity contribution in [2.24, 2.45) is 9.98 Å². The third-order valence-electron chi connectivity index (χ3n) is 6.55. The van der Waals surface area contributed by atoms with E-state index in [-0.39, 0.29) is 16.5 Å². The summed E-state index contributed by atoms with van der Waals surface area (Å²) in [6.45, 7) is 9.84. The predicted octanol–water partition coefficient (Wildman–Crippen LogP) is 8.97. The van der Waals surface area contributed by atoms with Crippen molar-refractivity contribution in [3.8, 4) is 35.2 Å². The normalized spacial score (nSPS) is 10.7. The van der Waals surface area contributed by atoms with E-state index in [9.17, 15) is 10.2 Å². The first kappa shape index (κ1) is 37.2. The van der Waals surface area contributed by atoms with E-state index < -0.39 is 11.5 Å². The van der Waals surface area contributed by atoms with Gasteiger partial charge >= 0.3 is 16.5 Å². The van der Waals surface area contributed by atoms with Crippen LogP contribution in [0.5, 0.6) is 11.5 Å². The van der Waals surface area contributed by atoms with Crippen molar-refractivity contribution in [2.45, 2.75) is 92.4 Å². The van der Waals surface area contributed by atoms with Gasteiger partial charge < -0.3 is 10.2 Å². The number of para-hydroxylation sites is 1. The first-order valence-corrected chi connectivity index (χ1v) is 15.1. The number of unbranched alkanes of at least 4 members (excludes halogenated alkanes) is 5. The van der Waals surface area contributed by atoms with Gasteiger partial charge in [0, 0.05) is 11.1 Å². The van der Waals surface area contributed by atoms with E-state index >= 15 is 0 Å². The Morgan fingerprint density at radius 2 is 1.14 bits per heavy atom. The summed E-state index contributed by atoms with van der Waals surface area (Å²) in [5.74, 6) is 11.4. The van der Waals surface area contributed by atoms with Gasteiger partial charge in [-0.3, -0.25) is 9.98 Å². The Morgan fingerprint density at radius 3 is 1.60 bits per heavy atom. The summed E-state index contributed by atoms with van der Waals surface area (Å²) < 4.78 is 0. The maximum atomic E-state index is 10.7. The Hall–Kier alpha value is -3.79. The van der Waals surface area contributed by atoms with E-state index in [1.165, 1.54) is 31.7 Å². The quantitative estimate of drug-likeness (QED) is 0.0879. The van der Waals surface area contributed by atoms with Crippen LogP contribution in [0.4, 0.5) is 11.4 Å². The molecule has 0 unspecified atom stereocenters. The zero-order chi connectivity index (χ0) is 30.6. The van der Waals surface area contributed by atoms with Crippen molar-refractivity contribution in [3.05, 3.63) is 83.4 Å².